The van der Waals surface area contributed by atoms with Gasteiger partial charge in [-0.3, -0.25) is 0 Å². The van der Waals surface area contributed by atoms with Crippen LogP contribution in [0.25, 0.3) is 0 Å². The maximum absolute atomic E-state index is 12.5. The van der Waals surface area contributed by atoms with E-state index in [0.29, 0.717) is 11.4 Å². The molecule has 2 rings (SSSR count). The van der Waals surface area contributed by atoms with Crippen LogP contribution in [0.4, 0.5) is 11.4 Å². The van der Waals surface area contributed by atoms with Crippen molar-refractivity contribution in [2.75, 3.05) is 17.6 Å². The van der Waals surface area contributed by atoms with Gasteiger partial charge in [0.1, 0.15) is 10.6 Å². The predicted octanol–water partition coefficient (Wildman–Crippen LogP) is 2.63. The zero-order valence-corrected chi connectivity index (χ0v) is 12.5. The van der Waals surface area contributed by atoms with Gasteiger partial charge in [-0.05, 0) is 42.8 Å². The molecule has 0 atom stereocenters. The van der Waals surface area contributed by atoms with E-state index < -0.39 is 9.84 Å². The lowest BCUT2D eigenvalue weighted by Crippen LogP contribution is -2.04. The number of nitrogens with one attached hydrogen (secondary N) is 1. The highest BCUT2D eigenvalue weighted by Crippen LogP contribution is 2.31. The Labute approximate surface area is 124 Å². The van der Waals surface area contributed by atoms with Gasteiger partial charge in [-0.25, -0.2) is 8.42 Å². The summed E-state index contributed by atoms with van der Waals surface area (Å²) in [6.45, 7) is 2.77. The number of nitrogen functional groups attached to an aromatic ring is 1. The van der Waals surface area contributed by atoms with Crippen LogP contribution < -0.4 is 11.1 Å². The van der Waals surface area contributed by atoms with Crippen molar-refractivity contribution in [3.05, 3.63) is 42.5 Å². The Morgan fingerprint density at radius 3 is 2.38 bits per heavy atom. The van der Waals surface area contributed by atoms with Gasteiger partial charge in [-0.2, -0.15) is 0 Å². The third kappa shape index (κ3) is 3.28. The fraction of sp³-hybridized carbons (Fsp3) is 0.200. The van der Waals surface area contributed by atoms with Crippen molar-refractivity contribution in [2.45, 2.75) is 23.1 Å². The number of nitrogens with two attached hydrogens (primary N) is 1. The fourth-order valence-corrected chi connectivity index (χ4v) is 3.23. The van der Waals surface area contributed by atoms with E-state index >= 15 is 0 Å². The third-order valence-electron chi connectivity index (χ3n) is 3.02. The Kier molecular flexibility index (Phi) is 4.37. The van der Waals surface area contributed by atoms with Gasteiger partial charge in [0.05, 0.1) is 4.90 Å². The molecule has 112 valence electrons. The summed E-state index contributed by atoms with van der Waals surface area (Å²) in [7, 11) is -3.76. The van der Waals surface area contributed by atoms with Crippen LogP contribution in [0.15, 0.2) is 52.3 Å². The van der Waals surface area contributed by atoms with Crippen molar-refractivity contribution in [1.82, 2.24) is 0 Å². The molecule has 0 fully saturated rings. The van der Waals surface area contributed by atoms with Gasteiger partial charge in [0, 0.05) is 24.0 Å². The average molecular weight is 306 g/mol. The molecule has 21 heavy (non-hydrogen) atoms. The van der Waals surface area contributed by atoms with E-state index in [1.807, 2.05) is 6.92 Å². The summed E-state index contributed by atoms with van der Waals surface area (Å²) >= 11 is 0. The second-order valence-corrected chi connectivity index (χ2v) is 6.60. The topological polar surface area (TPSA) is 92.4 Å². The molecule has 0 aliphatic rings. The Morgan fingerprint density at radius 1 is 1.14 bits per heavy atom. The first-order valence-corrected chi connectivity index (χ1v) is 8.11. The van der Waals surface area contributed by atoms with E-state index in [0.717, 1.165) is 13.0 Å². The zero-order valence-electron chi connectivity index (χ0n) is 11.7. The Bertz CT molecular complexity index is 725. The van der Waals surface area contributed by atoms with Crippen LogP contribution in [0.3, 0.4) is 0 Å². The lowest BCUT2D eigenvalue weighted by Gasteiger charge is -2.10. The number of phenols is 1. The second-order valence-electron chi connectivity index (χ2n) is 4.68. The summed E-state index contributed by atoms with van der Waals surface area (Å²) in [5, 5.41) is 13.1. The molecule has 0 bridgehead atoms. The summed E-state index contributed by atoms with van der Waals surface area (Å²) in [4.78, 5) is -0.0180. The van der Waals surface area contributed by atoms with E-state index in [2.05, 4.69) is 5.32 Å². The number of hydrogen-bond donors (Lipinski definition) is 3. The molecular weight excluding hydrogens is 288 g/mol. The highest BCUT2D eigenvalue weighted by atomic mass is 32.2. The number of phenolic OH excluding ortho intramolecular Hbond substituents is 1. The van der Waals surface area contributed by atoms with Crippen LogP contribution in [0, 0.1) is 0 Å². The molecule has 4 N–H and O–H groups in total. The molecule has 0 aromatic heterocycles. The molecule has 0 unspecified atom stereocenters. The normalized spacial score (nSPS) is 11.3. The van der Waals surface area contributed by atoms with Crippen molar-refractivity contribution in [1.29, 1.82) is 0 Å². The molecular formula is C15H18N2O3S. The highest BCUT2D eigenvalue weighted by molar-refractivity contribution is 7.91. The molecule has 0 amide bonds. The number of aromatic hydroxyl groups is 1. The molecule has 0 aliphatic carbocycles. The number of anilines is 2. The number of benzene rings is 2. The summed E-state index contributed by atoms with van der Waals surface area (Å²) < 4.78 is 24.9. The second kappa shape index (κ2) is 6.05. The average Bonchev–Trinajstić information content (AvgIpc) is 2.45. The summed E-state index contributed by atoms with van der Waals surface area (Å²) in [6.07, 6.45) is 0.937. The van der Waals surface area contributed by atoms with Gasteiger partial charge in [0.2, 0.25) is 9.84 Å². The lowest BCUT2D eigenvalue weighted by molar-refractivity contribution is 0.459. The van der Waals surface area contributed by atoms with Gasteiger partial charge in [-0.1, -0.05) is 6.92 Å². The van der Waals surface area contributed by atoms with Crippen LogP contribution in [-0.2, 0) is 9.84 Å². The summed E-state index contributed by atoms with van der Waals surface area (Å²) in [5.74, 6) is -0.270. The maximum atomic E-state index is 12.5. The molecule has 6 heteroatoms. The number of rotatable bonds is 5. The van der Waals surface area contributed by atoms with E-state index in [-0.39, 0.29) is 15.5 Å². The fourth-order valence-electron chi connectivity index (χ4n) is 1.90. The Balaban J connectivity index is 2.38. The minimum Gasteiger partial charge on any atom is -0.506 e. The SMILES string of the molecule is CCCNc1ccc(S(=O)(=O)c2ccc(N)cc2)c(O)c1. The van der Waals surface area contributed by atoms with Gasteiger partial charge in [-0.15, -0.1) is 0 Å². The third-order valence-corrected chi connectivity index (χ3v) is 4.83. The summed E-state index contributed by atoms with van der Waals surface area (Å²) in [6, 6.07) is 10.3. The van der Waals surface area contributed by atoms with Crippen molar-refractivity contribution < 1.29 is 13.5 Å². The van der Waals surface area contributed by atoms with Crippen LogP contribution >= 0.6 is 0 Å². The Morgan fingerprint density at radius 2 is 1.81 bits per heavy atom. The molecule has 0 heterocycles. The first-order chi connectivity index (χ1) is 9.95. The maximum Gasteiger partial charge on any atom is 0.210 e. The largest absolute Gasteiger partial charge is 0.506 e. The van der Waals surface area contributed by atoms with Crippen molar-refractivity contribution in [2.24, 2.45) is 0 Å². The van der Waals surface area contributed by atoms with Gasteiger partial charge in [0.15, 0.2) is 0 Å². The van der Waals surface area contributed by atoms with Gasteiger partial charge in [0.25, 0.3) is 0 Å². The van der Waals surface area contributed by atoms with E-state index in [1.165, 1.54) is 36.4 Å². The monoisotopic (exact) mass is 306 g/mol. The smallest absolute Gasteiger partial charge is 0.210 e. The van der Waals surface area contributed by atoms with Crippen LogP contribution in [-0.4, -0.2) is 20.1 Å². The molecule has 0 saturated carbocycles. The first kappa shape index (κ1) is 15.2. The minimum atomic E-state index is -3.76. The quantitative estimate of drug-likeness (QED) is 0.738. The molecule has 0 aliphatic heterocycles. The van der Waals surface area contributed by atoms with Crippen LogP contribution in [0.5, 0.6) is 5.75 Å². The van der Waals surface area contributed by atoms with E-state index in [1.54, 1.807) is 6.07 Å². The van der Waals surface area contributed by atoms with E-state index in [9.17, 15) is 13.5 Å². The summed E-state index contributed by atoms with van der Waals surface area (Å²) in [5.41, 5.74) is 6.72. The zero-order chi connectivity index (χ0) is 15.5. The molecule has 0 spiro atoms. The molecule has 5 nitrogen and oxygen atoms in total. The minimum absolute atomic E-state index is 0.0984. The van der Waals surface area contributed by atoms with Crippen molar-refractivity contribution in [3.63, 3.8) is 0 Å². The van der Waals surface area contributed by atoms with Crippen LogP contribution in [0.2, 0.25) is 0 Å². The lowest BCUT2D eigenvalue weighted by atomic mass is 10.3. The van der Waals surface area contributed by atoms with E-state index in [4.69, 9.17) is 5.73 Å². The van der Waals surface area contributed by atoms with Gasteiger partial charge < -0.3 is 16.2 Å². The molecule has 0 saturated heterocycles. The van der Waals surface area contributed by atoms with Crippen molar-refractivity contribution >= 4 is 21.2 Å². The predicted molar refractivity (Wildman–Crippen MR) is 83.2 cm³/mol. The first-order valence-electron chi connectivity index (χ1n) is 6.62. The van der Waals surface area contributed by atoms with Crippen LogP contribution in [0.1, 0.15) is 13.3 Å². The number of hydrogen-bond acceptors (Lipinski definition) is 5. The Hall–Kier alpha value is -2.21. The van der Waals surface area contributed by atoms with Crippen molar-refractivity contribution in [3.8, 4) is 5.75 Å². The van der Waals surface area contributed by atoms with Gasteiger partial charge >= 0.3 is 0 Å². The molecule has 2 aromatic carbocycles. The molecule has 2 aromatic rings. The number of sulfone groups is 1. The highest BCUT2D eigenvalue weighted by Gasteiger charge is 2.21. The molecule has 0 radical (unpaired) electrons. The standard InChI is InChI=1S/C15H18N2O3S/c1-2-9-17-12-5-8-15(14(18)10-12)21(19,20)13-6-3-11(16)4-7-13/h3-8,10,17-18H,2,9,16H2,1H3.